The van der Waals surface area contributed by atoms with E-state index >= 15 is 0 Å². The standard InChI is InChI=1S/C22H24N2O4S/c1-24(2)20-13-7-12-18-17(20)11-8-14-21(18)29(26,27)23-19(22(25)28-3)15-16-9-5-4-6-10-16/h4-14,19,23H,15H2,1-3H3/t19-/m1/s1. The second-order valence-electron chi connectivity index (χ2n) is 6.91. The van der Waals surface area contributed by atoms with Gasteiger partial charge in [0.1, 0.15) is 6.04 Å². The number of rotatable bonds is 7. The van der Waals surface area contributed by atoms with E-state index in [1.54, 1.807) is 18.2 Å². The molecule has 0 bridgehead atoms. The summed E-state index contributed by atoms with van der Waals surface area (Å²) in [7, 11) is 1.08. The molecule has 0 heterocycles. The third-order valence-electron chi connectivity index (χ3n) is 4.70. The van der Waals surface area contributed by atoms with Crippen LogP contribution in [-0.4, -0.2) is 41.6 Å². The second kappa shape index (κ2) is 8.63. The lowest BCUT2D eigenvalue weighted by Gasteiger charge is -2.19. The molecule has 0 aliphatic heterocycles. The number of sulfonamides is 1. The van der Waals surface area contributed by atoms with Crippen molar-refractivity contribution in [3.05, 3.63) is 72.3 Å². The number of hydrogen-bond donors (Lipinski definition) is 1. The SMILES string of the molecule is COC(=O)[C@@H](Cc1ccccc1)NS(=O)(=O)c1cccc2c(N(C)C)cccc12. The largest absolute Gasteiger partial charge is 0.468 e. The molecule has 3 aromatic rings. The first-order chi connectivity index (χ1) is 13.8. The van der Waals surface area contributed by atoms with Crippen LogP contribution in [0.25, 0.3) is 10.8 Å². The summed E-state index contributed by atoms with van der Waals surface area (Å²) in [5.74, 6) is -0.633. The average molecular weight is 413 g/mol. The number of carbonyl (C=O) groups excluding carboxylic acids is 1. The first-order valence-corrected chi connectivity index (χ1v) is 10.6. The molecular formula is C22H24N2O4S. The molecule has 0 saturated carbocycles. The average Bonchev–Trinajstić information content (AvgIpc) is 2.72. The molecule has 1 N–H and O–H groups in total. The lowest BCUT2D eigenvalue weighted by Crippen LogP contribution is -2.43. The number of nitrogens with one attached hydrogen (secondary N) is 1. The third-order valence-corrected chi connectivity index (χ3v) is 6.23. The van der Waals surface area contributed by atoms with Gasteiger partial charge in [0.05, 0.1) is 12.0 Å². The summed E-state index contributed by atoms with van der Waals surface area (Å²) >= 11 is 0. The van der Waals surface area contributed by atoms with Crippen molar-refractivity contribution in [2.24, 2.45) is 0 Å². The molecule has 29 heavy (non-hydrogen) atoms. The molecule has 152 valence electrons. The van der Waals surface area contributed by atoms with Crippen molar-refractivity contribution >= 4 is 32.5 Å². The van der Waals surface area contributed by atoms with E-state index in [4.69, 9.17) is 4.74 Å². The highest BCUT2D eigenvalue weighted by Gasteiger charge is 2.28. The minimum atomic E-state index is -3.97. The molecule has 0 spiro atoms. The number of esters is 1. The molecule has 0 aliphatic carbocycles. The minimum Gasteiger partial charge on any atom is -0.468 e. The van der Waals surface area contributed by atoms with Gasteiger partial charge in [-0.3, -0.25) is 4.79 Å². The van der Waals surface area contributed by atoms with Gasteiger partial charge in [0, 0.05) is 30.6 Å². The van der Waals surface area contributed by atoms with Gasteiger partial charge in [-0.2, -0.15) is 4.72 Å². The van der Waals surface area contributed by atoms with Crippen LogP contribution in [-0.2, 0) is 26.0 Å². The van der Waals surface area contributed by atoms with Crippen LogP contribution in [0.15, 0.2) is 71.6 Å². The Morgan fingerprint density at radius 3 is 2.28 bits per heavy atom. The number of carbonyl (C=O) groups is 1. The van der Waals surface area contributed by atoms with E-state index in [0.717, 1.165) is 16.6 Å². The molecule has 0 aliphatic rings. The van der Waals surface area contributed by atoms with Gasteiger partial charge in [0.15, 0.2) is 0 Å². The van der Waals surface area contributed by atoms with Gasteiger partial charge < -0.3 is 9.64 Å². The van der Waals surface area contributed by atoms with Crippen LogP contribution in [0.5, 0.6) is 0 Å². The Kier molecular flexibility index (Phi) is 6.20. The highest BCUT2D eigenvalue weighted by atomic mass is 32.2. The quantitative estimate of drug-likeness (QED) is 0.604. The van der Waals surface area contributed by atoms with E-state index in [2.05, 4.69) is 4.72 Å². The van der Waals surface area contributed by atoms with E-state index in [9.17, 15) is 13.2 Å². The fourth-order valence-corrected chi connectivity index (χ4v) is 4.71. The minimum absolute atomic E-state index is 0.126. The molecule has 7 heteroatoms. The molecule has 0 unspecified atom stereocenters. The number of benzene rings is 3. The van der Waals surface area contributed by atoms with Gasteiger partial charge in [-0.05, 0) is 24.1 Å². The first kappa shape index (κ1) is 20.8. The van der Waals surface area contributed by atoms with Crippen LogP contribution in [0.3, 0.4) is 0 Å². The highest BCUT2D eigenvalue weighted by molar-refractivity contribution is 7.89. The van der Waals surface area contributed by atoms with E-state index in [1.165, 1.54) is 7.11 Å². The van der Waals surface area contributed by atoms with E-state index in [-0.39, 0.29) is 11.3 Å². The number of ether oxygens (including phenoxy) is 1. The third kappa shape index (κ3) is 4.58. The van der Waals surface area contributed by atoms with E-state index in [0.29, 0.717) is 5.39 Å². The Labute approximate surface area is 171 Å². The van der Waals surface area contributed by atoms with Crippen LogP contribution in [0.2, 0.25) is 0 Å². The fraction of sp³-hybridized carbons (Fsp3) is 0.227. The molecule has 6 nitrogen and oxygen atoms in total. The Hall–Kier alpha value is -2.90. The Bertz CT molecular complexity index is 1110. The zero-order chi connectivity index (χ0) is 21.0. The normalized spacial score (nSPS) is 12.5. The van der Waals surface area contributed by atoms with Crippen LogP contribution >= 0.6 is 0 Å². The Morgan fingerprint density at radius 2 is 1.62 bits per heavy atom. The molecule has 0 fully saturated rings. The van der Waals surface area contributed by atoms with Gasteiger partial charge in [0.2, 0.25) is 10.0 Å². The number of nitrogens with zero attached hydrogens (tertiary/aromatic N) is 1. The molecule has 0 aromatic heterocycles. The monoisotopic (exact) mass is 412 g/mol. The van der Waals surface area contributed by atoms with Crippen LogP contribution in [0, 0.1) is 0 Å². The van der Waals surface area contributed by atoms with Crippen LogP contribution in [0.1, 0.15) is 5.56 Å². The van der Waals surface area contributed by atoms with E-state index in [1.807, 2.05) is 67.5 Å². The molecular weight excluding hydrogens is 388 g/mol. The van der Waals surface area contributed by atoms with Crippen LogP contribution < -0.4 is 9.62 Å². The summed E-state index contributed by atoms with van der Waals surface area (Å²) in [5, 5.41) is 1.41. The molecule has 0 radical (unpaired) electrons. The molecule has 3 rings (SSSR count). The number of fused-ring (bicyclic) bond motifs is 1. The van der Waals surface area contributed by atoms with Crippen molar-refractivity contribution in [2.45, 2.75) is 17.4 Å². The lowest BCUT2D eigenvalue weighted by atomic mass is 10.1. The summed E-state index contributed by atoms with van der Waals surface area (Å²) in [6.45, 7) is 0. The summed E-state index contributed by atoms with van der Waals surface area (Å²) < 4.78 is 33.8. The van der Waals surface area contributed by atoms with Crippen molar-refractivity contribution in [1.29, 1.82) is 0 Å². The fourth-order valence-electron chi connectivity index (χ4n) is 3.30. The van der Waals surface area contributed by atoms with Gasteiger partial charge >= 0.3 is 5.97 Å². The maximum Gasteiger partial charge on any atom is 0.324 e. The van der Waals surface area contributed by atoms with Gasteiger partial charge in [0.25, 0.3) is 0 Å². The van der Waals surface area contributed by atoms with Gasteiger partial charge in [-0.15, -0.1) is 0 Å². The maximum atomic E-state index is 13.2. The topological polar surface area (TPSA) is 75.7 Å². The van der Waals surface area contributed by atoms with E-state index < -0.39 is 22.0 Å². The Morgan fingerprint density at radius 1 is 0.966 bits per heavy atom. The van der Waals surface area contributed by atoms with Crippen molar-refractivity contribution in [3.8, 4) is 0 Å². The zero-order valence-corrected chi connectivity index (χ0v) is 17.4. The first-order valence-electron chi connectivity index (χ1n) is 9.16. The predicted octanol–water partition coefficient (Wildman–Crippen LogP) is 2.97. The summed E-state index contributed by atoms with van der Waals surface area (Å²) in [4.78, 5) is 14.3. The molecule has 0 amide bonds. The highest BCUT2D eigenvalue weighted by Crippen LogP contribution is 2.30. The van der Waals surface area contributed by atoms with Crippen molar-refractivity contribution in [2.75, 3.05) is 26.1 Å². The van der Waals surface area contributed by atoms with Gasteiger partial charge in [-0.1, -0.05) is 54.6 Å². The van der Waals surface area contributed by atoms with Crippen molar-refractivity contribution in [3.63, 3.8) is 0 Å². The predicted molar refractivity (Wildman–Crippen MR) is 115 cm³/mol. The molecule has 1 atom stereocenters. The maximum absolute atomic E-state index is 13.2. The second-order valence-corrected chi connectivity index (χ2v) is 8.59. The van der Waals surface area contributed by atoms with Gasteiger partial charge in [-0.25, -0.2) is 8.42 Å². The molecule has 0 saturated heterocycles. The number of hydrogen-bond acceptors (Lipinski definition) is 5. The Balaban J connectivity index is 2.01. The summed E-state index contributed by atoms with van der Waals surface area (Å²) in [5.41, 5.74) is 1.74. The number of anilines is 1. The van der Waals surface area contributed by atoms with Crippen LogP contribution in [0.4, 0.5) is 5.69 Å². The zero-order valence-electron chi connectivity index (χ0n) is 16.6. The van der Waals surface area contributed by atoms with Crippen molar-refractivity contribution < 1.29 is 17.9 Å². The lowest BCUT2D eigenvalue weighted by molar-refractivity contribution is -0.142. The summed E-state index contributed by atoms with van der Waals surface area (Å²) in [6.07, 6.45) is 0.195. The smallest absolute Gasteiger partial charge is 0.324 e. The molecule has 3 aromatic carbocycles. The van der Waals surface area contributed by atoms with Crippen molar-refractivity contribution in [1.82, 2.24) is 4.72 Å². The summed E-state index contributed by atoms with van der Waals surface area (Å²) in [6, 6.07) is 18.8. The number of methoxy groups -OCH3 is 1.